The Bertz CT molecular complexity index is 1890. The number of nitriles is 1. The minimum atomic E-state index is -1.03. The van der Waals surface area contributed by atoms with Crippen LogP contribution in [0.1, 0.15) is 47.2 Å². The number of hydrogen-bond acceptors (Lipinski definition) is 9. The Hall–Kier alpha value is -5.97. The van der Waals surface area contributed by atoms with Gasteiger partial charge in [0, 0.05) is 18.3 Å². The fraction of sp³-hybridized carbons (Fsp3) is 0.167. The highest BCUT2D eigenvalue weighted by Gasteiger charge is 2.20. The van der Waals surface area contributed by atoms with Crippen LogP contribution in [0.15, 0.2) is 60.9 Å². The number of pyridine rings is 1. The zero-order valence-electron chi connectivity index (χ0n) is 23.5. The van der Waals surface area contributed by atoms with Crippen LogP contribution < -0.4 is 16.0 Å². The van der Waals surface area contributed by atoms with Crippen molar-refractivity contribution in [2.24, 2.45) is 0 Å². The van der Waals surface area contributed by atoms with Crippen molar-refractivity contribution in [1.29, 1.82) is 5.26 Å². The summed E-state index contributed by atoms with van der Waals surface area (Å²) in [6.45, 7) is 3.81. The fourth-order valence-electron chi connectivity index (χ4n) is 4.28. The number of nitrogens with one attached hydrogen (secondary N) is 4. The molecule has 222 valence electrons. The van der Waals surface area contributed by atoms with Gasteiger partial charge in [-0.15, -0.1) is 0 Å². The van der Waals surface area contributed by atoms with Crippen LogP contribution in [0.3, 0.4) is 0 Å². The second-order valence-corrected chi connectivity index (χ2v) is 9.52. The molecule has 2 amide bonds. The lowest BCUT2D eigenvalue weighted by Gasteiger charge is -2.16. The summed E-state index contributed by atoms with van der Waals surface area (Å²) in [7, 11) is 0. The average molecular weight is 598 g/mol. The van der Waals surface area contributed by atoms with Crippen LogP contribution in [0.2, 0.25) is 0 Å². The number of halogens is 2. The molecule has 0 saturated carbocycles. The maximum Gasteiger partial charge on any atom is 0.412 e. The normalized spacial score (nSPS) is 11.4. The highest BCUT2D eigenvalue weighted by Crippen LogP contribution is 2.27. The van der Waals surface area contributed by atoms with Gasteiger partial charge in [-0.3, -0.25) is 15.2 Å². The lowest BCUT2D eigenvalue weighted by molar-refractivity contribution is 0.0935. The van der Waals surface area contributed by atoms with Gasteiger partial charge in [-0.05, 0) is 48.7 Å². The van der Waals surface area contributed by atoms with Gasteiger partial charge in [0.25, 0.3) is 5.91 Å². The summed E-state index contributed by atoms with van der Waals surface area (Å²) in [6.07, 6.45) is 2.31. The summed E-state index contributed by atoms with van der Waals surface area (Å²) in [5.41, 5.74) is 3.17. The highest BCUT2D eigenvalue weighted by atomic mass is 19.2. The summed E-state index contributed by atoms with van der Waals surface area (Å²) in [4.78, 5) is 37.6. The Morgan fingerprint density at radius 1 is 1.02 bits per heavy atom. The van der Waals surface area contributed by atoms with Gasteiger partial charge in [0.15, 0.2) is 40.3 Å². The van der Waals surface area contributed by atoms with Crippen molar-refractivity contribution >= 4 is 34.7 Å². The fourth-order valence-corrected chi connectivity index (χ4v) is 4.28. The average Bonchev–Trinajstić information content (AvgIpc) is 3.43. The molecule has 3 aromatic heterocycles. The van der Waals surface area contributed by atoms with E-state index in [2.05, 4.69) is 41.1 Å². The van der Waals surface area contributed by atoms with Crippen molar-refractivity contribution in [1.82, 2.24) is 30.5 Å². The predicted octanol–water partition coefficient (Wildman–Crippen LogP) is 5.24. The molecule has 3 heterocycles. The Balaban J connectivity index is 1.29. The molecule has 5 aromatic rings. The van der Waals surface area contributed by atoms with E-state index >= 15 is 0 Å². The zero-order valence-corrected chi connectivity index (χ0v) is 23.5. The number of fused-ring (bicyclic) bond motifs is 1. The third kappa shape index (κ3) is 6.57. The van der Waals surface area contributed by atoms with Crippen LogP contribution >= 0.6 is 0 Å². The van der Waals surface area contributed by atoms with Crippen molar-refractivity contribution in [3.63, 3.8) is 0 Å². The number of carbonyl (C=O) groups is 2. The second kappa shape index (κ2) is 12.9. The minimum absolute atomic E-state index is 0.0608. The number of rotatable bonds is 9. The standard InChI is InChI=1S/C30H25F2N9O3/c1-3-44-30(43)39-27-22-10-20(14-35-26(22)40-41-27)18-6-4-17(5-7-18)13-34-28-25(38-21(12-33)15-36-28)29(42)37-16(2)19-8-9-23(31)24(32)11-19/h4-11,14-16H,3,13H2,1-2H3,(H,34,36)(H,37,42)(H2,35,39,40,41,43)/t16-/m0/s1. The van der Waals surface area contributed by atoms with E-state index in [4.69, 9.17) is 4.74 Å². The number of hydrogen-bond donors (Lipinski definition) is 4. The van der Waals surface area contributed by atoms with Crippen LogP contribution in [0.25, 0.3) is 22.2 Å². The second-order valence-electron chi connectivity index (χ2n) is 9.52. The summed E-state index contributed by atoms with van der Waals surface area (Å²) in [5.74, 6) is -2.23. The highest BCUT2D eigenvalue weighted by molar-refractivity contribution is 5.98. The summed E-state index contributed by atoms with van der Waals surface area (Å²) in [5, 5.41) is 25.1. The van der Waals surface area contributed by atoms with E-state index < -0.39 is 29.7 Å². The lowest BCUT2D eigenvalue weighted by atomic mass is 10.0. The molecule has 0 aliphatic rings. The number of aromatic amines is 1. The largest absolute Gasteiger partial charge is 0.450 e. The molecule has 2 aromatic carbocycles. The Morgan fingerprint density at radius 2 is 1.82 bits per heavy atom. The van der Waals surface area contributed by atoms with Crippen LogP contribution in [-0.2, 0) is 11.3 Å². The van der Waals surface area contributed by atoms with Gasteiger partial charge in [0.05, 0.1) is 24.2 Å². The third-order valence-corrected chi connectivity index (χ3v) is 6.55. The Labute approximate surface area is 249 Å². The molecule has 4 N–H and O–H groups in total. The molecular weight excluding hydrogens is 572 g/mol. The SMILES string of the molecule is CCOC(=O)Nc1n[nH]c2ncc(-c3ccc(CNc4ncc(C#N)nc4C(=O)N[C@@H](C)c4ccc(F)c(F)c4)cc3)cc12. The van der Waals surface area contributed by atoms with Gasteiger partial charge >= 0.3 is 6.09 Å². The molecule has 0 aliphatic heterocycles. The number of amides is 2. The van der Waals surface area contributed by atoms with Gasteiger partial charge < -0.3 is 15.4 Å². The summed E-state index contributed by atoms with van der Waals surface area (Å²) >= 11 is 0. The van der Waals surface area contributed by atoms with E-state index in [0.29, 0.717) is 22.4 Å². The quantitative estimate of drug-likeness (QED) is 0.177. The summed E-state index contributed by atoms with van der Waals surface area (Å²) in [6, 6.07) is 13.9. The number of anilines is 2. The molecule has 1 atom stereocenters. The Morgan fingerprint density at radius 3 is 2.55 bits per heavy atom. The van der Waals surface area contributed by atoms with Crippen molar-refractivity contribution < 1.29 is 23.1 Å². The molecule has 0 bridgehead atoms. The van der Waals surface area contributed by atoms with Crippen LogP contribution in [0.4, 0.5) is 25.2 Å². The topological polar surface area (TPSA) is 171 Å². The molecule has 5 rings (SSSR count). The van der Waals surface area contributed by atoms with E-state index in [1.165, 1.54) is 12.3 Å². The molecule has 14 heteroatoms. The summed E-state index contributed by atoms with van der Waals surface area (Å²) < 4.78 is 32.0. The monoisotopic (exact) mass is 597 g/mol. The van der Waals surface area contributed by atoms with Crippen molar-refractivity contribution in [2.45, 2.75) is 26.4 Å². The first-order valence-corrected chi connectivity index (χ1v) is 13.4. The number of carbonyl (C=O) groups excluding carboxylic acids is 2. The van der Waals surface area contributed by atoms with Gasteiger partial charge in [0.2, 0.25) is 0 Å². The lowest BCUT2D eigenvalue weighted by Crippen LogP contribution is -2.29. The molecular formula is C30H25F2N9O3. The van der Waals surface area contributed by atoms with Gasteiger partial charge in [-0.25, -0.2) is 28.5 Å². The van der Waals surface area contributed by atoms with E-state index in [1.54, 1.807) is 20.0 Å². The molecule has 0 saturated heterocycles. The number of benzene rings is 2. The molecule has 12 nitrogen and oxygen atoms in total. The van der Waals surface area contributed by atoms with Crippen LogP contribution in [0, 0.1) is 23.0 Å². The Kier molecular flexibility index (Phi) is 8.66. The zero-order chi connectivity index (χ0) is 31.2. The first-order chi connectivity index (χ1) is 21.2. The van der Waals surface area contributed by atoms with Gasteiger partial charge in [-0.2, -0.15) is 10.4 Å². The third-order valence-electron chi connectivity index (χ3n) is 6.55. The van der Waals surface area contributed by atoms with Crippen molar-refractivity contribution in [3.05, 3.63) is 95.1 Å². The molecule has 0 aliphatic carbocycles. The van der Waals surface area contributed by atoms with Crippen molar-refractivity contribution in [3.8, 4) is 17.2 Å². The molecule has 0 fully saturated rings. The first-order valence-electron chi connectivity index (χ1n) is 13.4. The smallest absolute Gasteiger partial charge is 0.412 e. The first kappa shape index (κ1) is 29.5. The minimum Gasteiger partial charge on any atom is -0.450 e. The predicted molar refractivity (Wildman–Crippen MR) is 156 cm³/mol. The van der Waals surface area contributed by atoms with E-state index in [9.17, 15) is 23.6 Å². The maximum absolute atomic E-state index is 13.7. The maximum atomic E-state index is 13.7. The molecule has 0 radical (unpaired) electrons. The van der Waals surface area contributed by atoms with E-state index in [0.717, 1.165) is 28.8 Å². The van der Waals surface area contributed by atoms with Gasteiger partial charge in [0.1, 0.15) is 6.07 Å². The van der Waals surface area contributed by atoms with Crippen LogP contribution in [-0.4, -0.2) is 43.8 Å². The van der Waals surface area contributed by atoms with E-state index in [1.807, 2.05) is 36.4 Å². The molecule has 0 unspecified atom stereocenters. The number of aromatic nitrogens is 5. The number of H-pyrrole nitrogens is 1. The van der Waals surface area contributed by atoms with Crippen molar-refractivity contribution in [2.75, 3.05) is 17.2 Å². The molecule has 0 spiro atoms. The van der Waals surface area contributed by atoms with Crippen LogP contribution in [0.5, 0.6) is 0 Å². The molecule has 44 heavy (non-hydrogen) atoms. The van der Waals surface area contributed by atoms with Gasteiger partial charge in [-0.1, -0.05) is 30.3 Å². The van der Waals surface area contributed by atoms with E-state index in [-0.39, 0.29) is 30.4 Å². The number of nitrogens with zero attached hydrogens (tertiary/aromatic N) is 5. The number of ether oxygens (including phenoxy) is 1.